The van der Waals surface area contributed by atoms with Gasteiger partial charge in [-0.1, -0.05) is 68.4 Å². The number of alkyl carbamates (subject to hydrolysis) is 3. The topological polar surface area (TPSA) is 115 Å². The average molecular weight is 468 g/mol. The minimum absolute atomic E-state index is 0.0184. The molecule has 3 fully saturated rings. The van der Waals surface area contributed by atoms with Crippen molar-refractivity contribution in [3.8, 4) is 0 Å². The first-order chi connectivity index (χ1) is 16.4. The maximum Gasteiger partial charge on any atom is 0.408 e. The standard InChI is InChI=1S/C10H9NO2.C9H9NO2.C6H11NO2/c12-10-11-9-7-4-2-1-3-6(7)5-8(9)13-10;11-9-10-8(6-12-9)7-4-2-1-3-5-7;1-4(2)5-3-9-6(8)7-5/h1-4,8-9H,5H2,(H,11,12);1-5,8H,6H2,(H,10,11);4-5H,3H2,1-2H3,(H,7,8)/t8-,9+;8-;5-/m111/s1. The largest absolute Gasteiger partial charge is 0.447 e. The zero-order valence-electron chi connectivity index (χ0n) is 19.2. The number of hydrogen-bond acceptors (Lipinski definition) is 6. The first kappa shape index (κ1) is 23.4. The molecule has 4 atom stereocenters. The van der Waals surface area contributed by atoms with E-state index in [0.717, 1.165) is 12.0 Å². The molecule has 6 rings (SSSR count). The summed E-state index contributed by atoms with van der Waals surface area (Å²) in [5.74, 6) is 0.469. The SMILES string of the molecule is CC(C)[C@H]1COC(=O)N1.O=C1N[C@@H](c2ccccc2)CO1.O=C1N[C@H]2c3ccccc3C[C@H]2O1. The van der Waals surface area contributed by atoms with Crippen molar-refractivity contribution in [3.63, 3.8) is 0 Å². The summed E-state index contributed by atoms with van der Waals surface area (Å²) >= 11 is 0. The van der Waals surface area contributed by atoms with Gasteiger partial charge in [-0.2, -0.15) is 0 Å². The van der Waals surface area contributed by atoms with Crippen LogP contribution in [0.1, 0.15) is 42.6 Å². The molecule has 0 bridgehead atoms. The molecule has 3 heterocycles. The second-order valence-electron chi connectivity index (χ2n) is 8.77. The minimum Gasteiger partial charge on any atom is -0.447 e. The van der Waals surface area contributed by atoms with Gasteiger partial charge < -0.3 is 30.2 Å². The molecule has 3 amide bonds. The molecule has 0 radical (unpaired) electrons. The van der Waals surface area contributed by atoms with Crippen LogP contribution in [0.15, 0.2) is 54.6 Å². The molecule has 3 N–H and O–H groups in total. The maximum absolute atomic E-state index is 10.9. The van der Waals surface area contributed by atoms with Crippen molar-refractivity contribution in [2.75, 3.05) is 13.2 Å². The highest BCUT2D eigenvalue weighted by Gasteiger charge is 2.41. The van der Waals surface area contributed by atoms with Gasteiger partial charge in [0.25, 0.3) is 0 Å². The Bertz CT molecular complexity index is 1030. The highest BCUT2D eigenvalue weighted by molar-refractivity contribution is 5.72. The summed E-state index contributed by atoms with van der Waals surface area (Å²) in [6.45, 7) is 5.07. The minimum atomic E-state index is -0.330. The van der Waals surface area contributed by atoms with Crippen molar-refractivity contribution in [2.24, 2.45) is 5.92 Å². The van der Waals surface area contributed by atoms with E-state index in [4.69, 9.17) is 9.47 Å². The van der Waals surface area contributed by atoms with Crippen LogP contribution in [-0.2, 0) is 20.6 Å². The smallest absolute Gasteiger partial charge is 0.408 e. The van der Waals surface area contributed by atoms with Gasteiger partial charge >= 0.3 is 18.3 Å². The van der Waals surface area contributed by atoms with Gasteiger partial charge in [-0.25, -0.2) is 14.4 Å². The van der Waals surface area contributed by atoms with Crippen molar-refractivity contribution in [1.29, 1.82) is 0 Å². The summed E-state index contributed by atoms with van der Waals surface area (Å²) < 4.78 is 14.6. The zero-order chi connectivity index (χ0) is 24.1. The highest BCUT2D eigenvalue weighted by atomic mass is 16.6. The van der Waals surface area contributed by atoms with Crippen LogP contribution in [0.3, 0.4) is 0 Å². The van der Waals surface area contributed by atoms with Gasteiger partial charge in [0.05, 0.1) is 18.1 Å². The average Bonchev–Trinajstić information content (AvgIpc) is 3.60. The molecule has 4 aliphatic rings. The van der Waals surface area contributed by atoms with E-state index in [1.165, 1.54) is 11.1 Å². The molecule has 3 aliphatic heterocycles. The third-order valence-electron chi connectivity index (χ3n) is 6.09. The lowest BCUT2D eigenvalue weighted by Gasteiger charge is -2.09. The van der Waals surface area contributed by atoms with Gasteiger partial charge in [0.2, 0.25) is 0 Å². The summed E-state index contributed by atoms with van der Waals surface area (Å²) in [7, 11) is 0. The summed E-state index contributed by atoms with van der Waals surface area (Å²) in [6.07, 6.45) is -0.0356. The number of nitrogens with one attached hydrogen (secondary N) is 3. The Morgan fingerprint density at radius 1 is 0.794 bits per heavy atom. The molecule has 2 aromatic carbocycles. The van der Waals surface area contributed by atoms with E-state index in [0.29, 0.717) is 19.1 Å². The molecule has 3 saturated heterocycles. The van der Waals surface area contributed by atoms with E-state index in [1.54, 1.807) is 0 Å². The highest BCUT2D eigenvalue weighted by Crippen LogP contribution is 2.36. The van der Waals surface area contributed by atoms with E-state index in [-0.39, 0.29) is 42.5 Å². The van der Waals surface area contributed by atoms with Crippen LogP contribution in [0.25, 0.3) is 0 Å². The lowest BCUT2D eigenvalue weighted by Crippen LogP contribution is -2.30. The van der Waals surface area contributed by atoms with Gasteiger partial charge in [0.1, 0.15) is 19.3 Å². The van der Waals surface area contributed by atoms with Crippen LogP contribution in [0, 0.1) is 5.92 Å². The number of fused-ring (bicyclic) bond motifs is 3. The molecule has 180 valence electrons. The molecule has 34 heavy (non-hydrogen) atoms. The fourth-order valence-electron chi connectivity index (χ4n) is 4.15. The van der Waals surface area contributed by atoms with Crippen LogP contribution in [-0.4, -0.2) is 43.6 Å². The Balaban J connectivity index is 0.000000123. The Kier molecular flexibility index (Phi) is 7.20. The molecular weight excluding hydrogens is 438 g/mol. The van der Waals surface area contributed by atoms with Gasteiger partial charge in [-0.05, 0) is 22.6 Å². The van der Waals surface area contributed by atoms with Crippen LogP contribution < -0.4 is 16.0 Å². The number of amides is 3. The molecule has 0 unspecified atom stereocenters. The Labute approximate surface area is 198 Å². The van der Waals surface area contributed by atoms with Crippen LogP contribution in [0.5, 0.6) is 0 Å². The summed E-state index contributed by atoms with van der Waals surface area (Å²) in [6, 6.07) is 18.3. The van der Waals surface area contributed by atoms with E-state index in [1.807, 2.05) is 42.5 Å². The van der Waals surface area contributed by atoms with E-state index < -0.39 is 0 Å². The number of carbonyl (C=O) groups excluding carboxylic acids is 3. The van der Waals surface area contributed by atoms with Crippen molar-refractivity contribution in [2.45, 2.75) is 44.5 Å². The molecule has 2 aromatic rings. The van der Waals surface area contributed by atoms with E-state index >= 15 is 0 Å². The summed E-state index contributed by atoms with van der Waals surface area (Å²) in [5.41, 5.74) is 3.58. The second-order valence-corrected chi connectivity index (χ2v) is 8.77. The van der Waals surface area contributed by atoms with Crippen LogP contribution in [0.2, 0.25) is 0 Å². The van der Waals surface area contributed by atoms with Crippen molar-refractivity contribution in [1.82, 2.24) is 16.0 Å². The van der Waals surface area contributed by atoms with Crippen LogP contribution in [0.4, 0.5) is 14.4 Å². The van der Waals surface area contributed by atoms with Gasteiger partial charge in [0, 0.05) is 6.42 Å². The Hall–Kier alpha value is -3.75. The summed E-state index contributed by atoms with van der Waals surface area (Å²) in [4.78, 5) is 32.1. The molecule has 9 nitrogen and oxygen atoms in total. The third kappa shape index (κ3) is 5.59. The molecule has 0 aromatic heterocycles. The van der Waals surface area contributed by atoms with E-state index in [2.05, 4.69) is 46.7 Å². The maximum atomic E-state index is 10.9. The summed E-state index contributed by atoms with van der Waals surface area (Å²) in [5, 5.41) is 8.21. The quantitative estimate of drug-likeness (QED) is 0.582. The number of benzene rings is 2. The third-order valence-corrected chi connectivity index (χ3v) is 6.09. The molecule has 0 spiro atoms. The number of ether oxygens (including phenoxy) is 3. The number of rotatable bonds is 2. The molecule has 0 saturated carbocycles. The first-order valence-corrected chi connectivity index (χ1v) is 11.4. The first-order valence-electron chi connectivity index (χ1n) is 11.4. The van der Waals surface area contributed by atoms with Crippen molar-refractivity contribution >= 4 is 18.3 Å². The lowest BCUT2D eigenvalue weighted by molar-refractivity contribution is 0.136. The zero-order valence-corrected chi connectivity index (χ0v) is 19.2. The molecule has 9 heteroatoms. The fourth-order valence-corrected chi connectivity index (χ4v) is 4.15. The number of hydrogen-bond donors (Lipinski definition) is 3. The Morgan fingerprint density at radius 2 is 1.47 bits per heavy atom. The lowest BCUT2D eigenvalue weighted by atomic mass is 10.1. The normalized spacial score (nSPS) is 25.7. The van der Waals surface area contributed by atoms with Crippen LogP contribution >= 0.6 is 0 Å². The molecular formula is C25H29N3O6. The predicted molar refractivity (Wildman–Crippen MR) is 123 cm³/mol. The number of carbonyl (C=O) groups is 3. The molecule has 1 aliphatic carbocycles. The van der Waals surface area contributed by atoms with Crippen molar-refractivity contribution < 1.29 is 28.6 Å². The van der Waals surface area contributed by atoms with Gasteiger partial charge in [0.15, 0.2) is 0 Å². The van der Waals surface area contributed by atoms with Gasteiger partial charge in [-0.15, -0.1) is 0 Å². The predicted octanol–water partition coefficient (Wildman–Crippen LogP) is 3.61. The van der Waals surface area contributed by atoms with Gasteiger partial charge in [-0.3, -0.25) is 0 Å². The monoisotopic (exact) mass is 467 g/mol. The van der Waals surface area contributed by atoms with Crippen molar-refractivity contribution in [3.05, 3.63) is 71.3 Å². The van der Waals surface area contributed by atoms with E-state index in [9.17, 15) is 14.4 Å². The fraction of sp³-hybridized carbons (Fsp3) is 0.400. The second kappa shape index (κ2) is 10.5. The number of cyclic esters (lactones) is 2. The Morgan fingerprint density at radius 3 is 2.09 bits per heavy atom.